The molecule has 0 aromatic rings. The van der Waals surface area contributed by atoms with E-state index >= 15 is 0 Å². The summed E-state index contributed by atoms with van der Waals surface area (Å²) in [6.07, 6.45) is 3.69. The van der Waals surface area contributed by atoms with Crippen LogP contribution < -0.4 is 0 Å². The van der Waals surface area contributed by atoms with E-state index in [1.807, 2.05) is 20.8 Å². The van der Waals surface area contributed by atoms with Gasteiger partial charge in [-0.15, -0.1) is 0 Å². The van der Waals surface area contributed by atoms with Crippen LogP contribution in [0, 0.1) is 0 Å². The van der Waals surface area contributed by atoms with E-state index in [9.17, 15) is 19.2 Å². The Morgan fingerprint density at radius 1 is 0.727 bits per heavy atom. The van der Waals surface area contributed by atoms with Crippen molar-refractivity contribution >= 4 is 24.1 Å². The van der Waals surface area contributed by atoms with Gasteiger partial charge in [0.1, 0.15) is 23.3 Å². The minimum Gasteiger partial charge on any atom is -0.480 e. The number of hydrogen-bond acceptors (Lipinski definition) is 7. The number of aliphatic carboxylic acids is 1. The molecule has 0 aromatic carbocycles. The highest BCUT2D eigenvalue weighted by atomic mass is 16.6. The van der Waals surface area contributed by atoms with Crippen LogP contribution in [0.15, 0.2) is 0 Å². The van der Waals surface area contributed by atoms with E-state index in [1.165, 1.54) is 16.9 Å². The van der Waals surface area contributed by atoms with Crippen molar-refractivity contribution in [1.29, 1.82) is 0 Å². The molecule has 10 heteroatoms. The van der Waals surface area contributed by atoms with Crippen molar-refractivity contribution in [3.05, 3.63) is 0 Å². The lowest BCUT2D eigenvalue weighted by atomic mass is 10.0. The van der Waals surface area contributed by atoms with Crippen molar-refractivity contribution in [3.63, 3.8) is 0 Å². The van der Waals surface area contributed by atoms with Crippen LogP contribution in [0.1, 0.15) is 80.1 Å². The van der Waals surface area contributed by atoms with Gasteiger partial charge in [-0.05, 0) is 80.1 Å². The molecule has 33 heavy (non-hydrogen) atoms. The summed E-state index contributed by atoms with van der Waals surface area (Å²) in [6.45, 7) is 11.7. The molecule has 2 atom stereocenters. The van der Waals surface area contributed by atoms with Crippen LogP contribution in [0.5, 0.6) is 0 Å². The van der Waals surface area contributed by atoms with Crippen molar-refractivity contribution in [3.8, 4) is 0 Å². The molecule has 2 amide bonds. The van der Waals surface area contributed by atoms with Crippen molar-refractivity contribution < 1.29 is 38.5 Å². The number of hydrogen-bond donors (Lipinski definition) is 1. The lowest BCUT2D eigenvalue weighted by Crippen LogP contribution is -2.50. The first-order valence-corrected chi connectivity index (χ1v) is 11.5. The number of carboxylic acids is 1. The second-order valence-electron chi connectivity index (χ2n) is 10.2. The molecule has 2 fully saturated rings. The van der Waals surface area contributed by atoms with Crippen LogP contribution in [0.25, 0.3) is 0 Å². The Labute approximate surface area is 196 Å². The number of ether oxygens (including phenoxy) is 3. The Balaban J connectivity index is 0.000000331. The van der Waals surface area contributed by atoms with Gasteiger partial charge in [-0.25, -0.2) is 19.2 Å². The minimum absolute atomic E-state index is 0.365. The van der Waals surface area contributed by atoms with Crippen molar-refractivity contribution in [2.75, 3.05) is 20.2 Å². The van der Waals surface area contributed by atoms with Gasteiger partial charge < -0.3 is 19.3 Å². The monoisotopic (exact) mass is 472 g/mol. The topological polar surface area (TPSA) is 123 Å². The lowest BCUT2D eigenvalue weighted by molar-refractivity contribution is -0.148. The summed E-state index contributed by atoms with van der Waals surface area (Å²) < 4.78 is 15.2. The molecule has 2 aliphatic heterocycles. The van der Waals surface area contributed by atoms with E-state index in [-0.39, 0.29) is 5.97 Å². The molecule has 0 saturated carbocycles. The van der Waals surface area contributed by atoms with Gasteiger partial charge in [0.05, 0.1) is 7.11 Å². The zero-order chi connectivity index (χ0) is 25.4. The number of piperidine rings is 2. The Morgan fingerprint density at radius 3 is 1.48 bits per heavy atom. The predicted molar refractivity (Wildman–Crippen MR) is 121 cm³/mol. The fraction of sp³-hybridized carbons (Fsp3) is 0.826. The Kier molecular flexibility index (Phi) is 10.4. The number of nitrogens with zero attached hydrogens (tertiary/aromatic N) is 2. The van der Waals surface area contributed by atoms with Crippen LogP contribution in [-0.2, 0) is 23.8 Å². The summed E-state index contributed by atoms with van der Waals surface area (Å²) in [4.78, 5) is 49.1. The van der Waals surface area contributed by atoms with Crippen LogP contribution in [0.4, 0.5) is 9.59 Å². The van der Waals surface area contributed by atoms with E-state index in [0.29, 0.717) is 25.9 Å². The number of esters is 1. The van der Waals surface area contributed by atoms with Crippen molar-refractivity contribution in [2.24, 2.45) is 0 Å². The quantitative estimate of drug-likeness (QED) is 0.475. The third-order valence-corrected chi connectivity index (χ3v) is 5.02. The van der Waals surface area contributed by atoms with Gasteiger partial charge in [-0.3, -0.25) is 9.80 Å². The molecule has 10 nitrogen and oxygen atoms in total. The lowest BCUT2D eigenvalue weighted by Gasteiger charge is -2.34. The SMILES string of the molecule is CC(C)(C)OC(=O)N1CCCC[C@H]1C(=O)O.COC(=O)[C@@H]1CCCCN1C(=O)OC(C)(C)C. The molecule has 2 aliphatic rings. The van der Waals surface area contributed by atoms with Crippen molar-refractivity contribution in [2.45, 2.75) is 103 Å². The average molecular weight is 473 g/mol. The molecule has 2 saturated heterocycles. The summed E-state index contributed by atoms with van der Waals surface area (Å²) in [7, 11) is 1.34. The molecule has 2 rings (SSSR count). The maximum atomic E-state index is 11.9. The number of rotatable bonds is 2. The fourth-order valence-electron chi connectivity index (χ4n) is 3.58. The van der Waals surface area contributed by atoms with Crippen LogP contribution >= 0.6 is 0 Å². The summed E-state index contributed by atoms with van der Waals surface area (Å²) in [5.41, 5.74) is -1.13. The number of likely N-dealkylation sites (tertiary alicyclic amines) is 2. The molecule has 0 spiro atoms. The fourth-order valence-corrected chi connectivity index (χ4v) is 3.58. The Hall–Kier alpha value is -2.52. The summed E-state index contributed by atoms with van der Waals surface area (Å²) in [6, 6.07) is -1.23. The molecule has 0 unspecified atom stereocenters. The van der Waals surface area contributed by atoms with E-state index in [2.05, 4.69) is 0 Å². The van der Waals surface area contributed by atoms with Gasteiger partial charge in [-0.2, -0.15) is 0 Å². The molecule has 190 valence electrons. The van der Waals surface area contributed by atoms with E-state index in [1.54, 1.807) is 20.8 Å². The number of carbonyl (C=O) groups excluding carboxylic acids is 3. The first-order chi connectivity index (χ1) is 15.2. The second-order valence-corrected chi connectivity index (χ2v) is 10.2. The van der Waals surface area contributed by atoms with Gasteiger partial charge >= 0.3 is 24.1 Å². The first-order valence-electron chi connectivity index (χ1n) is 11.5. The highest BCUT2D eigenvalue weighted by Gasteiger charge is 2.36. The smallest absolute Gasteiger partial charge is 0.411 e. The van der Waals surface area contributed by atoms with Crippen LogP contribution in [-0.4, -0.2) is 82.5 Å². The number of carbonyl (C=O) groups is 4. The van der Waals surface area contributed by atoms with Gasteiger partial charge in [0.25, 0.3) is 0 Å². The molecule has 0 radical (unpaired) electrons. The van der Waals surface area contributed by atoms with Gasteiger partial charge in [0, 0.05) is 13.1 Å². The molecule has 0 bridgehead atoms. The number of carboxylic acid groups (broad SMARTS) is 1. The third-order valence-electron chi connectivity index (χ3n) is 5.02. The van der Waals surface area contributed by atoms with Gasteiger partial charge in [-0.1, -0.05) is 0 Å². The second kappa shape index (κ2) is 12.1. The normalized spacial score (nSPS) is 21.3. The summed E-state index contributed by atoms with van der Waals surface area (Å²) >= 11 is 0. The predicted octanol–water partition coefficient (Wildman–Crippen LogP) is 3.81. The minimum atomic E-state index is -0.953. The highest BCUT2D eigenvalue weighted by molar-refractivity contribution is 5.82. The molecule has 0 aliphatic carbocycles. The third kappa shape index (κ3) is 9.88. The molecular weight excluding hydrogens is 432 g/mol. The highest BCUT2D eigenvalue weighted by Crippen LogP contribution is 2.22. The Bertz CT molecular complexity index is 696. The van der Waals surface area contributed by atoms with Gasteiger partial charge in [0.15, 0.2) is 0 Å². The number of methoxy groups -OCH3 is 1. The largest absolute Gasteiger partial charge is 0.480 e. The van der Waals surface area contributed by atoms with Crippen molar-refractivity contribution in [1.82, 2.24) is 9.80 Å². The summed E-state index contributed by atoms with van der Waals surface area (Å²) in [5.74, 6) is -1.32. The molecule has 0 aromatic heterocycles. The molecular formula is C23H40N2O8. The zero-order valence-electron chi connectivity index (χ0n) is 21.0. The standard InChI is InChI=1S/C12H21NO4.C11H19NO4/c1-12(2,3)17-11(15)13-8-6-5-7-9(13)10(14)16-4;1-11(2,3)16-10(15)12-7-5-4-6-8(12)9(13)14/h9H,5-8H2,1-4H3;8H,4-7H2,1-3H3,(H,13,14)/t9-;8-/m00/s1. The summed E-state index contributed by atoms with van der Waals surface area (Å²) in [5, 5.41) is 9.01. The average Bonchev–Trinajstić information content (AvgIpc) is 2.71. The van der Waals surface area contributed by atoms with Crippen LogP contribution in [0.3, 0.4) is 0 Å². The maximum absolute atomic E-state index is 11.9. The molecule has 2 heterocycles. The van der Waals surface area contributed by atoms with Crippen LogP contribution in [0.2, 0.25) is 0 Å². The molecule has 1 N–H and O–H groups in total. The van der Waals surface area contributed by atoms with Gasteiger partial charge in [0.2, 0.25) is 0 Å². The first kappa shape index (κ1) is 28.5. The van der Waals surface area contributed by atoms with E-state index in [4.69, 9.17) is 19.3 Å². The zero-order valence-corrected chi connectivity index (χ0v) is 21.0. The maximum Gasteiger partial charge on any atom is 0.411 e. The number of amides is 2. The Morgan fingerprint density at radius 2 is 1.12 bits per heavy atom. The van der Waals surface area contributed by atoms with E-state index < -0.39 is 41.4 Å². The van der Waals surface area contributed by atoms with E-state index in [0.717, 1.165) is 25.7 Å².